The third-order valence-electron chi connectivity index (χ3n) is 5.32. The van der Waals surface area contributed by atoms with Gasteiger partial charge in [-0.3, -0.25) is 32.7 Å². The molecule has 0 aliphatic carbocycles. The Morgan fingerprint density at radius 1 is 1.41 bits per heavy atom. The number of hydrogen-bond donors (Lipinski definition) is 2. The summed E-state index contributed by atoms with van der Waals surface area (Å²) in [6.45, 7) is 6.83. The normalized spacial score (nSPS) is 33.1. The van der Waals surface area contributed by atoms with E-state index in [1.54, 1.807) is 27.7 Å². The molecule has 2 fully saturated rings. The molecule has 3 N–H and O–H groups in total. The van der Waals surface area contributed by atoms with Gasteiger partial charge >= 0.3 is 19.5 Å². The van der Waals surface area contributed by atoms with Crippen molar-refractivity contribution < 1.29 is 32.4 Å². The summed E-state index contributed by atoms with van der Waals surface area (Å²) in [4.78, 5) is 37.5. The molecular formula is C19H30N3O9P. The molecule has 1 aromatic heterocycles. The molecule has 32 heavy (non-hydrogen) atoms. The van der Waals surface area contributed by atoms with Crippen molar-refractivity contribution in [1.29, 1.82) is 0 Å². The van der Waals surface area contributed by atoms with E-state index >= 15 is 0 Å². The van der Waals surface area contributed by atoms with Crippen LogP contribution in [0, 0.1) is 5.92 Å². The van der Waals surface area contributed by atoms with E-state index in [0.29, 0.717) is 12.8 Å². The van der Waals surface area contributed by atoms with E-state index in [9.17, 15) is 18.9 Å². The van der Waals surface area contributed by atoms with Crippen molar-refractivity contribution in [1.82, 2.24) is 9.55 Å². The number of phosphoric ester groups is 1. The van der Waals surface area contributed by atoms with Crippen LogP contribution in [0.3, 0.4) is 0 Å². The first-order valence-electron chi connectivity index (χ1n) is 10.5. The van der Waals surface area contributed by atoms with E-state index in [4.69, 9.17) is 28.8 Å². The highest BCUT2D eigenvalue weighted by molar-refractivity contribution is 7.48. The molecule has 0 amide bonds. The Morgan fingerprint density at radius 2 is 2.12 bits per heavy atom. The van der Waals surface area contributed by atoms with E-state index in [1.165, 1.54) is 12.3 Å². The number of phosphoric acid groups is 1. The summed E-state index contributed by atoms with van der Waals surface area (Å²) in [6.07, 6.45) is -0.557. The number of H-pyrrole nitrogens is 1. The van der Waals surface area contributed by atoms with Crippen LogP contribution in [-0.4, -0.2) is 52.6 Å². The summed E-state index contributed by atoms with van der Waals surface area (Å²) < 4.78 is 41.4. The van der Waals surface area contributed by atoms with Crippen molar-refractivity contribution in [3.63, 3.8) is 0 Å². The number of ether oxygens (including phenoxy) is 2. The van der Waals surface area contributed by atoms with Crippen LogP contribution in [0.2, 0.25) is 0 Å². The molecule has 0 bridgehead atoms. The molecule has 180 valence electrons. The summed E-state index contributed by atoms with van der Waals surface area (Å²) in [5.41, 5.74) is 3.90. The average molecular weight is 475 g/mol. The number of fused-ring (bicyclic) bond motifs is 1. The van der Waals surface area contributed by atoms with Crippen LogP contribution in [0.1, 0.15) is 46.8 Å². The molecule has 3 heterocycles. The summed E-state index contributed by atoms with van der Waals surface area (Å²) >= 11 is 0. The van der Waals surface area contributed by atoms with E-state index in [-0.39, 0.29) is 31.2 Å². The van der Waals surface area contributed by atoms with Crippen molar-refractivity contribution >= 4 is 13.8 Å². The third-order valence-corrected chi connectivity index (χ3v) is 6.76. The fourth-order valence-corrected chi connectivity index (χ4v) is 5.16. The summed E-state index contributed by atoms with van der Waals surface area (Å²) in [7, 11) is -3.93. The molecule has 1 unspecified atom stereocenters. The SMILES string of the molecule is CC(C)OC(=O)C(C)CCCO[P@]1(=O)OC[C@H]2O[C@@H](n3ccc(=O)[nH]c3=O)[C@](C)(N)[C@@H]2O1. The molecule has 6 atom stereocenters. The second-order valence-corrected chi connectivity index (χ2v) is 10.2. The van der Waals surface area contributed by atoms with E-state index < -0.39 is 43.0 Å². The van der Waals surface area contributed by atoms with Gasteiger partial charge in [0.15, 0.2) is 6.23 Å². The minimum atomic E-state index is -3.93. The van der Waals surface area contributed by atoms with Gasteiger partial charge in [0.05, 0.1) is 30.8 Å². The van der Waals surface area contributed by atoms with Gasteiger partial charge in [-0.15, -0.1) is 0 Å². The van der Waals surface area contributed by atoms with Crippen LogP contribution >= 0.6 is 7.82 Å². The van der Waals surface area contributed by atoms with Gasteiger partial charge in [-0.05, 0) is 33.6 Å². The first-order valence-corrected chi connectivity index (χ1v) is 11.9. The number of nitrogens with zero attached hydrogens (tertiary/aromatic N) is 1. The Kier molecular flexibility index (Phi) is 7.43. The smallest absolute Gasteiger partial charge is 0.463 e. The van der Waals surface area contributed by atoms with Crippen molar-refractivity contribution in [3.05, 3.63) is 33.1 Å². The Balaban J connectivity index is 1.59. The van der Waals surface area contributed by atoms with Crippen LogP contribution in [-0.2, 0) is 32.4 Å². The molecule has 3 rings (SSSR count). The number of hydrogen-bond acceptors (Lipinski definition) is 10. The Bertz CT molecular complexity index is 989. The van der Waals surface area contributed by atoms with Gasteiger partial charge in [0.1, 0.15) is 12.2 Å². The number of carbonyl (C=O) groups excluding carboxylic acids is 1. The number of nitrogens with one attached hydrogen (secondary N) is 1. The Labute approximate surface area is 184 Å². The molecule has 0 radical (unpaired) electrons. The zero-order valence-electron chi connectivity index (χ0n) is 18.5. The van der Waals surface area contributed by atoms with Gasteiger partial charge < -0.3 is 15.2 Å². The monoisotopic (exact) mass is 475 g/mol. The van der Waals surface area contributed by atoms with Crippen LogP contribution in [0.15, 0.2) is 21.9 Å². The average Bonchev–Trinajstić information content (AvgIpc) is 2.95. The number of nitrogens with two attached hydrogens (primary N) is 1. The first kappa shape index (κ1) is 24.8. The zero-order valence-corrected chi connectivity index (χ0v) is 19.4. The molecule has 13 heteroatoms. The molecule has 2 saturated heterocycles. The quantitative estimate of drug-likeness (QED) is 0.316. The van der Waals surface area contributed by atoms with E-state index in [2.05, 4.69) is 4.98 Å². The highest BCUT2D eigenvalue weighted by Crippen LogP contribution is 2.58. The number of rotatable bonds is 8. The fourth-order valence-electron chi connectivity index (χ4n) is 3.64. The molecule has 0 saturated carbocycles. The lowest BCUT2D eigenvalue weighted by molar-refractivity contribution is -0.152. The standard InChI is InChI=1S/C19H30N3O9P/c1-11(2)29-16(24)12(3)6-5-9-27-32(26)28-10-13-15(31-32)19(4,20)17(30-13)22-8-7-14(23)21-18(22)25/h7-8,11-13,15,17H,5-6,9-10,20H2,1-4H3,(H,21,23,25)/t12?,13-,15-,17-,19-,32-/m1/s1. The van der Waals surface area contributed by atoms with Crippen molar-refractivity contribution in [2.24, 2.45) is 11.7 Å². The number of carbonyl (C=O) groups is 1. The van der Waals surface area contributed by atoms with Crippen molar-refractivity contribution in [2.45, 2.75) is 70.6 Å². The van der Waals surface area contributed by atoms with Crippen molar-refractivity contribution in [2.75, 3.05) is 13.2 Å². The van der Waals surface area contributed by atoms with E-state index in [0.717, 1.165) is 4.57 Å². The predicted molar refractivity (Wildman–Crippen MR) is 112 cm³/mol. The van der Waals surface area contributed by atoms with Gasteiger partial charge in [-0.2, -0.15) is 0 Å². The van der Waals surface area contributed by atoms with Gasteiger partial charge in [0.2, 0.25) is 0 Å². The molecule has 0 spiro atoms. The van der Waals surface area contributed by atoms with Crippen LogP contribution in [0.4, 0.5) is 0 Å². The van der Waals surface area contributed by atoms with Crippen LogP contribution in [0.5, 0.6) is 0 Å². The van der Waals surface area contributed by atoms with Gasteiger partial charge in [0.25, 0.3) is 5.56 Å². The number of aromatic nitrogens is 2. The van der Waals surface area contributed by atoms with E-state index in [1.807, 2.05) is 0 Å². The topological polar surface area (TPSA) is 161 Å². The van der Waals surface area contributed by atoms with Gasteiger partial charge in [-0.1, -0.05) is 6.92 Å². The second-order valence-electron chi connectivity index (χ2n) is 8.54. The number of esters is 1. The first-order chi connectivity index (χ1) is 14.9. The summed E-state index contributed by atoms with van der Waals surface area (Å²) in [5, 5.41) is 0. The second kappa shape index (κ2) is 9.58. The molecule has 2 aliphatic heterocycles. The minimum Gasteiger partial charge on any atom is -0.463 e. The Morgan fingerprint density at radius 3 is 2.78 bits per heavy atom. The van der Waals surface area contributed by atoms with Gasteiger partial charge in [0, 0.05) is 12.3 Å². The minimum absolute atomic E-state index is 0.0406. The zero-order chi connectivity index (χ0) is 23.7. The van der Waals surface area contributed by atoms with Crippen LogP contribution in [0.25, 0.3) is 0 Å². The molecule has 2 aliphatic rings. The lowest BCUT2D eigenvalue weighted by Gasteiger charge is -2.35. The highest BCUT2D eigenvalue weighted by atomic mass is 31.2. The van der Waals surface area contributed by atoms with Crippen molar-refractivity contribution in [3.8, 4) is 0 Å². The number of aromatic amines is 1. The molecule has 1 aromatic rings. The maximum Gasteiger partial charge on any atom is 0.475 e. The molecular weight excluding hydrogens is 445 g/mol. The predicted octanol–water partition coefficient (Wildman–Crippen LogP) is 1.06. The molecule has 12 nitrogen and oxygen atoms in total. The lowest BCUT2D eigenvalue weighted by atomic mass is 9.93. The Hall–Kier alpha value is -1.82. The van der Waals surface area contributed by atoms with Crippen LogP contribution < -0.4 is 17.0 Å². The summed E-state index contributed by atoms with van der Waals surface area (Å²) in [6, 6.07) is 1.17. The molecule has 0 aromatic carbocycles. The summed E-state index contributed by atoms with van der Waals surface area (Å²) in [5.74, 6) is -0.628. The third kappa shape index (κ3) is 5.38. The maximum atomic E-state index is 13.0. The largest absolute Gasteiger partial charge is 0.475 e. The maximum absolute atomic E-state index is 13.0. The highest BCUT2D eigenvalue weighted by Gasteiger charge is 2.59. The fraction of sp³-hybridized carbons (Fsp3) is 0.737. The van der Waals surface area contributed by atoms with Gasteiger partial charge in [-0.25, -0.2) is 9.36 Å². The lowest BCUT2D eigenvalue weighted by Crippen LogP contribution is -2.55.